The Balaban J connectivity index is 2.24. The maximum Gasteiger partial charge on any atom is 0.165 e. The summed E-state index contributed by atoms with van der Waals surface area (Å²) in [5.74, 6) is -5.36. The lowest BCUT2D eigenvalue weighted by atomic mass is 10.0. The molecular formula is C14H10F4. The second-order valence-electron chi connectivity index (χ2n) is 3.93. The monoisotopic (exact) mass is 254 g/mol. The summed E-state index contributed by atoms with van der Waals surface area (Å²) in [7, 11) is 0. The molecule has 0 unspecified atom stereocenters. The van der Waals surface area contributed by atoms with Gasteiger partial charge in [-0.05, 0) is 18.4 Å². The third kappa shape index (κ3) is 2.53. The molecule has 94 valence electrons. The average Bonchev–Trinajstić information content (AvgIpc) is 2.38. The maximum atomic E-state index is 13.4. The molecule has 2 aromatic rings. The van der Waals surface area contributed by atoms with Gasteiger partial charge in [0.2, 0.25) is 0 Å². The molecule has 0 saturated carbocycles. The molecule has 0 bridgehead atoms. The van der Waals surface area contributed by atoms with E-state index in [4.69, 9.17) is 0 Å². The molecule has 0 radical (unpaired) electrons. The fourth-order valence-corrected chi connectivity index (χ4v) is 1.76. The molecule has 0 nitrogen and oxygen atoms in total. The Bertz CT molecular complexity index is 523. The summed E-state index contributed by atoms with van der Waals surface area (Å²) in [4.78, 5) is 0. The maximum absolute atomic E-state index is 13.4. The second kappa shape index (κ2) is 5.21. The SMILES string of the molecule is Fc1cc(F)c(F)c(CCc2ccccc2)c1F. The molecule has 0 aliphatic heterocycles. The third-order valence-corrected chi connectivity index (χ3v) is 2.71. The number of hydrogen-bond donors (Lipinski definition) is 0. The summed E-state index contributed by atoms with van der Waals surface area (Å²) in [6.45, 7) is 0. The third-order valence-electron chi connectivity index (χ3n) is 2.71. The van der Waals surface area contributed by atoms with Gasteiger partial charge < -0.3 is 0 Å². The smallest absolute Gasteiger partial charge is 0.165 e. The first-order chi connectivity index (χ1) is 8.59. The van der Waals surface area contributed by atoms with Gasteiger partial charge in [-0.15, -0.1) is 0 Å². The van der Waals surface area contributed by atoms with Crippen molar-refractivity contribution in [3.63, 3.8) is 0 Å². The van der Waals surface area contributed by atoms with Crippen LogP contribution in [0.1, 0.15) is 11.1 Å². The van der Waals surface area contributed by atoms with E-state index in [0.717, 1.165) is 5.56 Å². The van der Waals surface area contributed by atoms with Gasteiger partial charge in [0.15, 0.2) is 23.3 Å². The lowest BCUT2D eigenvalue weighted by molar-refractivity contribution is 0.438. The molecule has 0 aliphatic carbocycles. The first kappa shape index (κ1) is 12.6. The van der Waals surface area contributed by atoms with Crippen molar-refractivity contribution in [2.45, 2.75) is 12.8 Å². The normalized spacial score (nSPS) is 10.7. The van der Waals surface area contributed by atoms with Crippen molar-refractivity contribution in [1.29, 1.82) is 0 Å². The second-order valence-corrected chi connectivity index (χ2v) is 3.93. The summed E-state index contributed by atoms with van der Waals surface area (Å²) in [5, 5.41) is 0. The Morgan fingerprint density at radius 3 is 1.83 bits per heavy atom. The van der Waals surface area contributed by atoms with Gasteiger partial charge in [-0.2, -0.15) is 0 Å². The highest BCUT2D eigenvalue weighted by Crippen LogP contribution is 2.20. The molecule has 0 fully saturated rings. The molecule has 0 amide bonds. The van der Waals surface area contributed by atoms with E-state index in [0.29, 0.717) is 6.42 Å². The zero-order valence-electron chi connectivity index (χ0n) is 9.39. The van der Waals surface area contributed by atoms with E-state index in [-0.39, 0.29) is 12.5 Å². The van der Waals surface area contributed by atoms with Gasteiger partial charge >= 0.3 is 0 Å². The van der Waals surface area contributed by atoms with Gasteiger partial charge in [-0.25, -0.2) is 17.6 Å². The largest absolute Gasteiger partial charge is 0.204 e. The molecule has 0 N–H and O–H groups in total. The van der Waals surface area contributed by atoms with Crippen LogP contribution in [0.25, 0.3) is 0 Å². The zero-order valence-corrected chi connectivity index (χ0v) is 9.39. The van der Waals surface area contributed by atoms with Crippen LogP contribution < -0.4 is 0 Å². The highest BCUT2D eigenvalue weighted by atomic mass is 19.2. The summed E-state index contributed by atoms with van der Waals surface area (Å²) in [6.07, 6.45) is 0.230. The summed E-state index contributed by atoms with van der Waals surface area (Å²) in [5.41, 5.74) is 0.303. The van der Waals surface area contributed by atoms with Gasteiger partial charge in [-0.1, -0.05) is 30.3 Å². The summed E-state index contributed by atoms with van der Waals surface area (Å²) in [6, 6.07) is 9.17. The summed E-state index contributed by atoms with van der Waals surface area (Å²) >= 11 is 0. The quantitative estimate of drug-likeness (QED) is 0.573. The van der Waals surface area contributed by atoms with E-state index in [1.54, 1.807) is 24.3 Å². The van der Waals surface area contributed by atoms with Gasteiger partial charge in [0.25, 0.3) is 0 Å². The van der Waals surface area contributed by atoms with Crippen LogP contribution in [0.4, 0.5) is 17.6 Å². The molecule has 0 saturated heterocycles. The van der Waals surface area contributed by atoms with Crippen LogP contribution in [0.15, 0.2) is 36.4 Å². The Labute approximate surface area is 102 Å². The Morgan fingerprint density at radius 1 is 0.722 bits per heavy atom. The van der Waals surface area contributed by atoms with Crippen molar-refractivity contribution in [2.75, 3.05) is 0 Å². The van der Waals surface area contributed by atoms with Gasteiger partial charge in [0.1, 0.15) is 0 Å². The van der Waals surface area contributed by atoms with Crippen molar-refractivity contribution < 1.29 is 17.6 Å². The van der Waals surface area contributed by atoms with Crippen molar-refractivity contribution in [1.82, 2.24) is 0 Å². The standard InChI is InChI=1S/C14H10F4/c15-11-8-12(16)14(18)10(13(11)17)7-6-9-4-2-1-3-5-9/h1-5,8H,6-7H2. The van der Waals surface area contributed by atoms with E-state index in [2.05, 4.69) is 0 Å². The number of halogens is 4. The predicted octanol–water partition coefficient (Wildman–Crippen LogP) is 4.03. The van der Waals surface area contributed by atoms with Crippen molar-refractivity contribution in [3.8, 4) is 0 Å². The molecule has 0 aliphatic rings. The molecule has 0 spiro atoms. The van der Waals surface area contributed by atoms with Gasteiger partial charge in [-0.3, -0.25) is 0 Å². The average molecular weight is 254 g/mol. The van der Waals surface area contributed by atoms with E-state index < -0.39 is 28.8 Å². The highest BCUT2D eigenvalue weighted by molar-refractivity contribution is 5.25. The van der Waals surface area contributed by atoms with Crippen molar-refractivity contribution in [2.24, 2.45) is 0 Å². The van der Waals surface area contributed by atoms with Gasteiger partial charge in [0.05, 0.1) is 0 Å². The van der Waals surface area contributed by atoms with E-state index in [1.807, 2.05) is 6.07 Å². The molecule has 0 aromatic heterocycles. The molecular weight excluding hydrogens is 244 g/mol. The molecule has 0 heterocycles. The number of aryl methyl sites for hydroxylation is 1. The Kier molecular flexibility index (Phi) is 3.65. The van der Waals surface area contributed by atoms with Crippen LogP contribution in [0, 0.1) is 23.3 Å². The number of hydrogen-bond acceptors (Lipinski definition) is 0. The van der Waals surface area contributed by atoms with E-state index in [9.17, 15) is 17.6 Å². The first-order valence-electron chi connectivity index (χ1n) is 5.45. The highest BCUT2D eigenvalue weighted by Gasteiger charge is 2.18. The predicted molar refractivity (Wildman–Crippen MR) is 60.1 cm³/mol. The molecule has 4 heteroatoms. The summed E-state index contributed by atoms with van der Waals surface area (Å²) < 4.78 is 52.7. The number of benzene rings is 2. The topological polar surface area (TPSA) is 0 Å². The van der Waals surface area contributed by atoms with Gasteiger partial charge in [0, 0.05) is 11.6 Å². The van der Waals surface area contributed by atoms with Crippen molar-refractivity contribution in [3.05, 3.63) is 70.8 Å². The Hall–Kier alpha value is -1.84. The van der Waals surface area contributed by atoms with Crippen LogP contribution in [0.3, 0.4) is 0 Å². The van der Waals surface area contributed by atoms with Crippen LogP contribution in [0.5, 0.6) is 0 Å². The molecule has 2 rings (SSSR count). The number of rotatable bonds is 3. The Morgan fingerprint density at radius 2 is 1.28 bits per heavy atom. The molecule has 0 atom stereocenters. The fourth-order valence-electron chi connectivity index (χ4n) is 1.76. The minimum atomic E-state index is -1.36. The fraction of sp³-hybridized carbons (Fsp3) is 0.143. The van der Waals surface area contributed by atoms with E-state index >= 15 is 0 Å². The first-order valence-corrected chi connectivity index (χ1v) is 5.45. The van der Waals surface area contributed by atoms with E-state index in [1.165, 1.54) is 0 Å². The van der Waals surface area contributed by atoms with Crippen LogP contribution in [-0.2, 0) is 12.8 Å². The molecule has 2 aromatic carbocycles. The lowest BCUT2D eigenvalue weighted by Gasteiger charge is -2.07. The minimum absolute atomic E-state index is 0.0869. The van der Waals surface area contributed by atoms with Crippen LogP contribution in [0.2, 0.25) is 0 Å². The van der Waals surface area contributed by atoms with Crippen LogP contribution >= 0.6 is 0 Å². The lowest BCUT2D eigenvalue weighted by Crippen LogP contribution is -2.04. The zero-order chi connectivity index (χ0) is 13.1. The molecule has 18 heavy (non-hydrogen) atoms. The minimum Gasteiger partial charge on any atom is -0.204 e. The van der Waals surface area contributed by atoms with Crippen molar-refractivity contribution >= 4 is 0 Å². The van der Waals surface area contributed by atoms with Crippen LogP contribution in [-0.4, -0.2) is 0 Å².